The molecule has 1 saturated carbocycles. The van der Waals surface area contributed by atoms with Gasteiger partial charge in [0.1, 0.15) is 22.8 Å². The van der Waals surface area contributed by atoms with E-state index in [-0.39, 0.29) is 28.7 Å². The first-order valence-corrected chi connectivity index (χ1v) is 11.0. The van der Waals surface area contributed by atoms with Crippen molar-refractivity contribution in [3.8, 4) is 11.5 Å². The van der Waals surface area contributed by atoms with E-state index >= 15 is 0 Å². The number of hydrogen-bond donors (Lipinski definition) is 4. The second kappa shape index (κ2) is 9.01. The number of ether oxygens (including phenoxy) is 2. The van der Waals surface area contributed by atoms with E-state index in [2.05, 4.69) is 30.6 Å². The molecule has 1 fully saturated rings. The maximum atomic E-state index is 13.3. The van der Waals surface area contributed by atoms with Crippen molar-refractivity contribution in [3.63, 3.8) is 0 Å². The molecule has 2 aromatic heterocycles. The lowest BCUT2D eigenvalue weighted by atomic mass is 10.0. The predicted molar refractivity (Wildman–Crippen MR) is 130 cm³/mol. The van der Waals surface area contributed by atoms with Gasteiger partial charge in [0.25, 0.3) is 5.91 Å². The number of H-pyrrole nitrogens is 1. The van der Waals surface area contributed by atoms with Gasteiger partial charge in [0, 0.05) is 43.7 Å². The molecule has 2 aliphatic rings. The number of rotatable bonds is 7. The number of imidazole rings is 1. The van der Waals surface area contributed by atoms with E-state index in [9.17, 15) is 4.79 Å². The van der Waals surface area contributed by atoms with Crippen molar-refractivity contribution >= 4 is 33.9 Å². The molecular formula is C24H24N8O3. The standard InChI is InChI=1S/C24H24N8O3/c1-26-11-15-19(25)21(32-20(12-5-6-12)23-27-7-4-8-28-23)18(24(33)31-15)22-29-13-9-16(34-2)17(35-3)10-14(13)30-22/h4,7-12,25-26H,5-6H2,1-3H3,(H,29,30)(H,31,33)/b15-11+,25-19?,32-20-. The molecular weight excluding hydrogens is 448 g/mol. The number of nitrogens with zero attached hydrogens (tertiary/aromatic N) is 4. The molecule has 3 heterocycles. The summed E-state index contributed by atoms with van der Waals surface area (Å²) in [5, 5.41) is 14.5. The van der Waals surface area contributed by atoms with Crippen molar-refractivity contribution in [3.05, 3.63) is 59.8 Å². The van der Waals surface area contributed by atoms with Crippen LogP contribution >= 0.6 is 0 Å². The van der Waals surface area contributed by atoms with Crippen LogP contribution in [-0.4, -0.2) is 58.5 Å². The van der Waals surface area contributed by atoms with E-state index in [1.165, 1.54) is 0 Å². The highest BCUT2D eigenvalue weighted by molar-refractivity contribution is 6.34. The Balaban J connectivity index is 1.73. The lowest BCUT2D eigenvalue weighted by molar-refractivity contribution is -0.115. The molecule has 35 heavy (non-hydrogen) atoms. The van der Waals surface area contributed by atoms with Crippen LogP contribution in [0.1, 0.15) is 24.5 Å². The lowest BCUT2D eigenvalue weighted by Crippen LogP contribution is -2.36. The van der Waals surface area contributed by atoms with E-state index in [4.69, 9.17) is 19.9 Å². The fourth-order valence-corrected chi connectivity index (χ4v) is 3.88. The number of carbonyl (C=O) groups is 1. The summed E-state index contributed by atoms with van der Waals surface area (Å²) >= 11 is 0. The van der Waals surface area contributed by atoms with E-state index in [1.807, 2.05) is 0 Å². The molecule has 4 N–H and O–H groups in total. The molecule has 0 atom stereocenters. The summed E-state index contributed by atoms with van der Waals surface area (Å²) in [7, 11) is 4.79. The summed E-state index contributed by atoms with van der Waals surface area (Å²) in [4.78, 5) is 34.7. The zero-order chi connectivity index (χ0) is 24.5. The quantitative estimate of drug-likeness (QED) is 0.385. The Bertz CT molecular complexity index is 1380. The first-order valence-electron chi connectivity index (χ1n) is 11.0. The minimum atomic E-state index is -0.427. The van der Waals surface area contributed by atoms with Gasteiger partial charge in [-0.3, -0.25) is 10.2 Å². The molecule has 1 aromatic carbocycles. The van der Waals surface area contributed by atoms with Gasteiger partial charge in [-0.15, -0.1) is 0 Å². The zero-order valence-corrected chi connectivity index (χ0v) is 19.5. The summed E-state index contributed by atoms with van der Waals surface area (Å²) < 4.78 is 10.8. The van der Waals surface area contributed by atoms with Crippen LogP contribution in [0.4, 0.5) is 0 Å². The first kappa shape index (κ1) is 22.3. The maximum absolute atomic E-state index is 13.3. The minimum absolute atomic E-state index is 0.0543. The Kier molecular flexibility index (Phi) is 5.73. The van der Waals surface area contributed by atoms with Crippen LogP contribution in [0.5, 0.6) is 11.5 Å². The smallest absolute Gasteiger partial charge is 0.261 e. The van der Waals surface area contributed by atoms with Crippen LogP contribution in [0.2, 0.25) is 0 Å². The summed E-state index contributed by atoms with van der Waals surface area (Å²) in [6, 6.07) is 5.21. The molecule has 3 aromatic rings. The second-order valence-corrected chi connectivity index (χ2v) is 8.05. The summed E-state index contributed by atoms with van der Waals surface area (Å²) in [6.07, 6.45) is 6.75. The fraction of sp³-hybridized carbons (Fsp3) is 0.250. The maximum Gasteiger partial charge on any atom is 0.261 e. The van der Waals surface area contributed by atoms with E-state index in [1.54, 1.807) is 58.1 Å². The topological polar surface area (TPSA) is 150 Å². The zero-order valence-electron chi connectivity index (χ0n) is 19.5. The Labute approximate surface area is 200 Å². The number of benzene rings is 1. The molecule has 1 aliphatic carbocycles. The molecule has 11 heteroatoms. The lowest BCUT2D eigenvalue weighted by Gasteiger charge is -2.21. The van der Waals surface area contributed by atoms with Crippen molar-refractivity contribution in [2.24, 2.45) is 10.9 Å². The van der Waals surface area contributed by atoms with Gasteiger partial charge in [-0.25, -0.2) is 19.9 Å². The normalized spacial score (nSPS) is 17.7. The Morgan fingerprint density at radius 1 is 1.20 bits per heavy atom. The molecule has 1 aliphatic heterocycles. The highest BCUT2D eigenvalue weighted by Gasteiger charge is 2.35. The van der Waals surface area contributed by atoms with Gasteiger partial charge < -0.3 is 25.1 Å². The van der Waals surface area contributed by atoms with Gasteiger partial charge in [-0.2, -0.15) is 0 Å². The van der Waals surface area contributed by atoms with Crippen LogP contribution in [0.3, 0.4) is 0 Å². The molecule has 0 unspecified atom stereocenters. The van der Waals surface area contributed by atoms with E-state index < -0.39 is 5.91 Å². The number of carbonyl (C=O) groups excluding carboxylic acids is 1. The number of nitrogens with one attached hydrogen (secondary N) is 4. The Morgan fingerprint density at radius 3 is 2.57 bits per heavy atom. The Morgan fingerprint density at radius 2 is 1.91 bits per heavy atom. The molecule has 0 bridgehead atoms. The molecule has 0 radical (unpaired) electrons. The summed E-state index contributed by atoms with van der Waals surface area (Å²) in [5.74, 6) is 1.55. The van der Waals surface area contributed by atoms with Crippen molar-refractivity contribution in [2.45, 2.75) is 12.8 Å². The van der Waals surface area contributed by atoms with Crippen LogP contribution in [0, 0.1) is 11.3 Å². The number of hydrogen-bond acceptors (Lipinski definition) is 9. The van der Waals surface area contributed by atoms with Crippen molar-refractivity contribution in [2.75, 3.05) is 21.3 Å². The van der Waals surface area contributed by atoms with Crippen LogP contribution < -0.4 is 20.1 Å². The van der Waals surface area contributed by atoms with Crippen molar-refractivity contribution < 1.29 is 14.3 Å². The van der Waals surface area contributed by atoms with Crippen LogP contribution in [-0.2, 0) is 4.79 Å². The number of methoxy groups -OCH3 is 2. The largest absolute Gasteiger partial charge is 0.493 e. The number of aromatic amines is 1. The summed E-state index contributed by atoms with van der Waals surface area (Å²) in [6.45, 7) is 0. The van der Waals surface area contributed by atoms with Gasteiger partial charge in [-0.05, 0) is 18.9 Å². The first-order chi connectivity index (χ1) is 17.0. The van der Waals surface area contributed by atoms with Gasteiger partial charge in [0.2, 0.25) is 0 Å². The molecule has 0 saturated heterocycles. The van der Waals surface area contributed by atoms with Gasteiger partial charge in [0.05, 0.1) is 36.7 Å². The third-order valence-electron chi connectivity index (χ3n) is 5.72. The highest BCUT2D eigenvalue weighted by atomic mass is 16.5. The highest BCUT2D eigenvalue weighted by Crippen LogP contribution is 2.36. The Hall–Kier alpha value is -4.54. The fourth-order valence-electron chi connectivity index (χ4n) is 3.88. The van der Waals surface area contributed by atoms with Gasteiger partial charge in [-0.1, -0.05) is 0 Å². The van der Waals surface area contributed by atoms with E-state index in [0.29, 0.717) is 39.8 Å². The SMILES string of the molecule is CN/C=C1/NC(=O)C(c2nc3cc(OC)c(OC)cc3[nH]2)=C(/N=C(\c2ncccn2)C2CC2)C1=N. The molecule has 0 spiro atoms. The van der Waals surface area contributed by atoms with E-state index in [0.717, 1.165) is 12.8 Å². The van der Waals surface area contributed by atoms with Gasteiger partial charge in [0.15, 0.2) is 17.3 Å². The summed E-state index contributed by atoms with van der Waals surface area (Å²) in [5.41, 5.74) is 2.61. The average Bonchev–Trinajstić information content (AvgIpc) is 3.63. The van der Waals surface area contributed by atoms with Crippen molar-refractivity contribution in [1.29, 1.82) is 5.41 Å². The van der Waals surface area contributed by atoms with Gasteiger partial charge >= 0.3 is 0 Å². The van der Waals surface area contributed by atoms with Crippen LogP contribution in [0.15, 0.2) is 53.2 Å². The molecule has 178 valence electrons. The minimum Gasteiger partial charge on any atom is -0.493 e. The third kappa shape index (κ3) is 4.12. The predicted octanol–water partition coefficient (Wildman–Crippen LogP) is 2.19. The monoisotopic (exact) mass is 472 g/mol. The third-order valence-corrected chi connectivity index (χ3v) is 5.72. The number of aromatic nitrogens is 4. The molecule has 11 nitrogen and oxygen atoms in total. The van der Waals surface area contributed by atoms with Crippen molar-refractivity contribution in [1.82, 2.24) is 30.6 Å². The average molecular weight is 473 g/mol. The number of aliphatic imine (C=N–C) groups is 1. The number of amides is 1. The second-order valence-electron chi connectivity index (χ2n) is 8.05. The number of fused-ring (bicyclic) bond motifs is 1. The van der Waals surface area contributed by atoms with Crippen LogP contribution in [0.25, 0.3) is 16.6 Å². The molecule has 1 amide bonds. The molecule has 5 rings (SSSR count).